The van der Waals surface area contributed by atoms with E-state index in [0.717, 1.165) is 0 Å². The summed E-state index contributed by atoms with van der Waals surface area (Å²) in [6, 6.07) is 0. The lowest BCUT2D eigenvalue weighted by Crippen LogP contribution is -1.99. The fourth-order valence-electron chi connectivity index (χ4n) is 1.57. The largest absolute Gasteiger partial charge is 0.312 e. The van der Waals surface area contributed by atoms with Crippen LogP contribution in [0.5, 0.6) is 0 Å². The van der Waals surface area contributed by atoms with E-state index in [0.29, 0.717) is 5.92 Å². The van der Waals surface area contributed by atoms with Crippen LogP contribution in [0, 0.1) is 5.92 Å². The Hall–Kier alpha value is -0.560. The van der Waals surface area contributed by atoms with Crippen molar-refractivity contribution in [2.45, 2.75) is 34.6 Å². The van der Waals surface area contributed by atoms with Gasteiger partial charge in [-0.2, -0.15) is 0 Å². The average molecular weight is 195 g/mol. The van der Waals surface area contributed by atoms with Gasteiger partial charge in [-0.25, -0.2) is 0 Å². The van der Waals surface area contributed by atoms with E-state index in [-0.39, 0.29) is 0 Å². The van der Waals surface area contributed by atoms with Crippen LogP contribution in [0.2, 0.25) is 0 Å². The lowest BCUT2D eigenvalue weighted by atomic mass is 10.00. The van der Waals surface area contributed by atoms with Gasteiger partial charge in [-0.3, -0.25) is 0 Å². The fourth-order valence-corrected chi connectivity index (χ4v) is 1.57. The SMILES string of the molecule is CC1=C(C)C(C)C(C)=C1C.CN(C)C. The van der Waals surface area contributed by atoms with E-state index >= 15 is 0 Å². The van der Waals surface area contributed by atoms with E-state index in [1.54, 1.807) is 11.1 Å². The van der Waals surface area contributed by atoms with Gasteiger partial charge >= 0.3 is 0 Å². The molecule has 0 saturated heterocycles. The van der Waals surface area contributed by atoms with Gasteiger partial charge < -0.3 is 4.90 Å². The number of hydrogen-bond donors (Lipinski definition) is 0. The molecule has 0 aromatic rings. The summed E-state index contributed by atoms with van der Waals surface area (Å²) in [5.41, 5.74) is 6.11. The molecule has 1 aliphatic rings. The van der Waals surface area contributed by atoms with Crippen LogP contribution in [-0.2, 0) is 0 Å². The van der Waals surface area contributed by atoms with Gasteiger partial charge in [0, 0.05) is 0 Å². The molecule has 0 radical (unpaired) electrons. The topological polar surface area (TPSA) is 3.24 Å². The zero-order valence-electron chi connectivity index (χ0n) is 11.0. The van der Waals surface area contributed by atoms with Crippen LogP contribution in [0.3, 0.4) is 0 Å². The van der Waals surface area contributed by atoms with Crippen molar-refractivity contribution in [1.29, 1.82) is 0 Å². The first-order valence-corrected chi connectivity index (χ1v) is 5.25. The number of rotatable bonds is 0. The summed E-state index contributed by atoms with van der Waals surface area (Å²) in [5, 5.41) is 0. The lowest BCUT2D eigenvalue weighted by molar-refractivity contribution is 0.505. The Morgan fingerprint density at radius 1 is 0.786 bits per heavy atom. The summed E-state index contributed by atoms with van der Waals surface area (Å²) in [5.74, 6) is 0.694. The molecule has 0 aromatic heterocycles. The lowest BCUT2D eigenvalue weighted by Gasteiger charge is -2.05. The summed E-state index contributed by atoms with van der Waals surface area (Å²) >= 11 is 0. The summed E-state index contributed by atoms with van der Waals surface area (Å²) in [4.78, 5) is 2.00. The number of hydrogen-bond acceptors (Lipinski definition) is 1. The quantitative estimate of drug-likeness (QED) is 0.572. The maximum absolute atomic E-state index is 2.28. The molecule has 1 nitrogen and oxygen atoms in total. The molecule has 0 aliphatic heterocycles. The third kappa shape index (κ3) is 3.30. The van der Waals surface area contributed by atoms with Crippen LogP contribution in [-0.4, -0.2) is 26.0 Å². The third-order valence-corrected chi connectivity index (χ3v) is 3.04. The minimum Gasteiger partial charge on any atom is -0.312 e. The number of allylic oxidation sites excluding steroid dienone is 4. The van der Waals surface area contributed by atoms with Crippen LogP contribution < -0.4 is 0 Å². The highest BCUT2D eigenvalue weighted by Crippen LogP contribution is 2.35. The highest BCUT2D eigenvalue weighted by atomic mass is 15.0. The molecule has 1 aliphatic carbocycles. The highest BCUT2D eigenvalue weighted by Gasteiger charge is 2.19. The molecule has 0 amide bonds. The maximum Gasteiger partial charge on any atom is -0.00153 e. The molecule has 0 aromatic carbocycles. The van der Waals surface area contributed by atoms with Gasteiger partial charge in [-0.05, 0) is 65.9 Å². The molecule has 1 rings (SSSR count). The maximum atomic E-state index is 2.28. The first kappa shape index (κ1) is 13.4. The zero-order chi connectivity index (χ0) is 11.5. The molecule has 0 saturated carbocycles. The van der Waals surface area contributed by atoms with Gasteiger partial charge in [0.1, 0.15) is 0 Å². The van der Waals surface area contributed by atoms with Crippen molar-refractivity contribution < 1.29 is 0 Å². The van der Waals surface area contributed by atoms with E-state index in [2.05, 4.69) is 34.6 Å². The Labute approximate surface area is 89.5 Å². The van der Waals surface area contributed by atoms with Gasteiger partial charge in [0.2, 0.25) is 0 Å². The van der Waals surface area contributed by atoms with Crippen molar-refractivity contribution in [3.63, 3.8) is 0 Å². The summed E-state index contributed by atoms with van der Waals surface area (Å²) in [6.07, 6.45) is 0. The minimum absolute atomic E-state index is 0.694. The molecular formula is C13H25N. The molecule has 0 heterocycles. The van der Waals surface area contributed by atoms with Crippen molar-refractivity contribution in [3.8, 4) is 0 Å². The van der Waals surface area contributed by atoms with Gasteiger partial charge in [0.05, 0.1) is 0 Å². The van der Waals surface area contributed by atoms with Crippen LogP contribution in [0.15, 0.2) is 22.3 Å². The Morgan fingerprint density at radius 3 is 1.07 bits per heavy atom. The molecule has 82 valence electrons. The van der Waals surface area contributed by atoms with Gasteiger partial charge in [-0.15, -0.1) is 0 Å². The molecule has 0 bridgehead atoms. The first-order valence-electron chi connectivity index (χ1n) is 5.25. The van der Waals surface area contributed by atoms with Crippen LogP contribution in [0.1, 0.15) is 34.6 Å². The van der Waals surface area contributed by atoms with Crippen LogP contribution in [0.25, 0.3) is 0 Å². The smallest absolute Gasteiger partial charge is 0.00153 e. The molecule has 0 fully saturated rings. The second-order valence-electron chi connectivity index (χ2n) is 4.68. The zero-order valence-corrected chi connectivity index (χ0v) is 11.0. The fraction of sp³-hybridized carbons (Fsp3) is 0.692. The Morgan fingerprint density at radius 2 is 1.00 bits per heavy atom. The standard InChI is InChI=1S/C10H16.C3H9N/c1-6-7(2)9(4)10(5)8(6)3;1-4(2)3/h6H,1-5H3;1-3H3. The highest BCUT2D eigenvalue weighted by molar-refractivity contribution is 5.45. The Bertz CT molecular complexity index is 230. The average Bonchev–Trinajstić information content (AvgIpc) is 2.23. The normalized spacial score (nSPS) is 17.8. The predicted octanol–water partition coefficient (Wildman–Crippen LogP) is 3.49. The minimum atomic E-state index is 0.694. The third-order valence-electron chi connectivity index (χ3n) is 3.04. The Balaban J connectivity index is 0.000000364. The van der Waals surface area contributed by atoms with E-state index in [1.165, 1.54) is 11.1 Å². The van der Waals surface area contributed by atoms with Crippen molar-refractivity contribution in [2.75, 3.05) is 21.1 Å². The first-order chi connectivity index (χ1) is 6.29. The molecule has 0 unspecified atom stereocenters. The van der Waals surface area contributed by atoms with Crippen molar-refractivity contribution in [3.05, 3.63) is 22.3 Å². The molecule has 0 atom stereocenters. The molecule has 14 heavy (non-hydrogen) atoms. The second-order valence-corrected chi connectivity index (χ2v) is 4.68. The van der Waals surface area contributed by atoms with E-state index in [4.69, 9.17) is 0 Å². The van der Waals surface area contributed by atoms with Gasteiger partial charge in [-0.1, -0.05) is 18.1 Å². The van der Waals surface area contributed by atoms with Crippen LogP contribution in [0.4, 0.5) is 0 Å². The van der Waals surface area contributed by atoms with Gasteiger partial charge in [0.25, 0.3) is 0 Å². The van der Waals surface area contributed by atoms with Crippen molar-refractivity contribution >= 4 is 0 Å². The van der Waals surface area contributed by atoms with Crippen LogP contribution >= 0.6 is 0 Å². The molecule has 1 heteroatoms. The van der Waals surface area contributed by atoms with E-state index < -0.39 is 0 Å². The van der Waals surface area contributed by atoms with Crippen molar-refractivity contribution in [1.82, 2.24) is 4.90 Å². The van der Waals surface area contributed by atoms with E-state index in [1.807, 2.05) is 26.0 Å². The monoisotopic (exact) mass is 195 g/mol. The van der Waals surface area contributed by atoms with Gasteiger partial charge in [0.15, 0.2) is 0 Å². The second kappa shape index (κ2) is 5.35. The van der Waals surface area contributed by atoms with E-state index in [9.17, 15) is 0 Å². The summed E-state index contributed by atoms with van der Waals surface area (Å²) in [7, 11) is 6.00. The summed E-state index contributed by atoms with van der Waals surface area (Å²) in [6.45, 7) is 11.2. The predicted molar refractivity (Wildman–Crippen MR) is 65.5 cm³/mol. The molecule has 0 N–H and O–H groups in total. The number of nitrogens with zero attached hydrogens (tertiary/aromatic N) is 1. The summed E-state index contributed by atoms with van der Waals surface area (Å²) < 4.78 is 0. The molecular weight excluding hydrogens is 170 g/mol. The van der Waals surface area contributed by atoms with Crippen molar-refractivity contribution in [2.24, 2.45) is 5.92 Å². The Kier molecular flexibility index (Phi) is 5.14. The molecule has 0 spiro atoms.